The van der Waals surface area contributed by atoms with Crippen LogP contribution in [0.15, 0.2) is 11.2 Å². The van der Waals surface area contributed by atoms with Crippen molar-refractivity contribution in [3.05, 3.63) is 11.2 Å². The number of nitrogens with zero attached hydrogens (tertiary/aromatic N) is 1. The molecule has 0 atom stereocenters. The third kappa shape index (κ3) is 3.27. The molecule has 1 saturated heterocycles. The molecule has 1 heterocycles. The van der Waals surface area contributed by atoms with Crippen molar-refractivity contribution in [2.45, 2.75) is 45.4 Å². The molecule has 0 spiro atoms. The molecule has 0 amide bonds. The molecule has 116 valence electrons. The Morgan fingerprint density at radius 2 is 2.00 bits per heavy atom. The predicted octanol–water partition coefficient (Wildman–Crippen LogP) is 0.829. The first-order chi connectivity index (χ1) is 9.43. The van der Waals surface area contributed by atoms with Crippen molar-refractivity contribution < 1.29 is 8.42 Å². The van der Waals surface area contributed by atoms with E-state index in [-0.39, 0.29) is 5.03 Å². The maximum absolute atomic E-state index is 12.2. The molecule has 1 aliphatic carbocycles. The minimum atomic E-state index is -3.57. The van der Waals surface area contributed by atoms with Crippen LogP contribution in [0.1, 0.15) is 45.4 Å². The van der Waals surface area contributed by atoms with Gasteiger partial charge in [-0.25, -0.2) is 8.42 Å². The summed E-state index contributed by atoms with van der Waals surface area (Å²) in [5, 5.41) is -0.216. The number of hydrogen-bond donors (Lipinski definition) is 3. The Hall–Kier alpha value is -0.790. The average Bonchev–Trinajstić information content (AvgIpc) is 3.23. The van der Waals surface area contributed by atoms with Gasteiger partial charge in [-0.15, -0.1) is 0 Å². The van der Waals surface area contributed by atoms with Gasteiger partial charge in [0.1, 0.15) is 0 Å². The van der Waals surface area contributed by atoms with Crippen LogP contribution in [0, 0.1) is 11.3 Å². The molecule has 0 bridgehead atoms. The molecule has 0 aromatic rings. The van der Waals surface area contributed by atoms with E-state index in [0.29, 0.717) is 18.5 Å². The molecule has 0 aromatic carbocycles. The highest BCUT2D eigenvalue weighted by Crippen LogP contribution is 2.47. The van der Waals surface area contributed by atoms with Crippen molar-refractivity contribution in [3.8, 4) is 0 Å². The lowest BCUT2D eigenvalue weighted by Gasteiger charge is -2.41. The first-order valence-electron chi connectivity index (χ1n) is 7.35. The number of rotatable bonds is 6. The van der Waals surface area contributed by atoms with E-state index in [1.54, 1.807) is 0 Å². The fourth-order valence-corrected chi connectivity index (χ4v) is 4.32. The Morgan fingerprint density at radius 1 is 1.40 bits per heavy atom. The van der Waals surface area contributed by atoms with E-state index in [4.69, 9.17) is 11.6 Å². The fourth-order valence-electron chi connectivity index (χ4n) is 3.14. The van der Waals surface area contributed by atoms with Crippen molar-refractivity contribution >= 4 is 10.0 Å². The molecule has 7 heteroatoms. The third-order valence-corrected chi connectivity index (χ3v) is 6.57. The van der Waals surface area contributed by atoms with Crippen LogP contribution in [0.25, 0.3) is 0 Å². The van der Waals surface area contributed by atoms with Gasteiger partial charge >= 0.3 is 0 Å². The Labute approximate surface area is 121 Å². The highest BCUT2D eigenvalue weighted by Gasteiger charge is 2.40. The van der Waals surface area contributed by atoms with Crippen LogP contribution < -0.4 is 17.0 Å². The molecule has 0 unspecified atom stereocenters. The molecule has 2 aliphatic rings. The molecule has 6 nitrogen and oxygen atoms in total. The van der Waals surface area contributed by atoms with E-state index in [2.05, 4.69) is 12.3 Å². The average molecular weight is 302 g/mol. The van der Waals surface area contributed by atoms with Crippen LogP contribution in [0.4, 0.5) is 0 Å². The predicted molar refractivity (Wildman–Crippen MR) is 79.4 cm³/mol. The Balaban J connectivity index is 2.01. The molecule has 0 aromatic heterocycles. The van der Waals surface area contributed by atoms with Crippen molar-refractivity contribution in [1.29, 1.82) is 0 Å². The quantitative estimate of drug-likeness (QED) is 0.498. The van der Waals surface area contributed by atoms with Gasteiger partial charge in [0.05, 0.1) is 0 Å². The summed E-state index contributed by atoms with van der Waals surface area (Å²) in [6.45, 7) is 3.34. The largest absolute Gasteiger partial charge is 0.387 e. The second kappa shape index (κ2) is 5.91. The summed E-state index contributed by atoms with van der Waals surface area (Å²) in [6, 6.07) is 0. The summed E-state index contributed by atoms with van der Waals surface area (Å²) < 4.78 is 26.0. The first kappa shape index (κ1) is 15.6. The maximum atomic E-state index is 12.2. The minimum Gasteiger partial charge on any atom is -0.387 e. The summed E-state index contributed by atoms with van der Waals surface area (Å²) >= 11 is 0. The van der Waals surface area contributed by atoms with Gasteiger partial charge in [0.2, 0.25) is 0 Å². The van der Waals surface area contributed by atoms with Gasteiger partial charge < -0.3 is 11.2 Å². The van der Waals surface area contributed by atoms with Crippen molar-refractivity contribution in [2.75, 3.05) is 13.1 Å². The van der Waals surface area contributed by atoms with Gasteiger partial charge in [-0.1, -0.05) is 26.2 Å². The summed E-state index contributed by atoms with van der Waals surface area (Å²) in [6.07, 6.45) is 8.08. The zero-order chi connectivity index (χ0) is 14.8. The van der Waals surface area contributed by atoms with E-state index in [0.717, 1.165) is 31.4 Å². The highest BCUT2D eigenvalue weighted by atomic mass is 32.2. The normalized spacial score (nSPS) is 24.6. The fraction of sp³-hybridized carbons (Fsp3) is 0.846. The van der Waals surface area contributed by atoms with Gasteiger partial charge in [-0.3, -0.25) is 5.84 Å². The van der Waals surface area contributed by atoms with Crippen molar-refractivity contribution in [3.63, 3.8) is 0 Å². The summed E-state index contributed by atoms with van der Waals surface area (Å²) in [4.78, 5) is 0. The number of hydrogen-bond acceptors (Lipinski definition) is 5. The van der Waals surface area contributed by atoms with Crippen LogP contribution in [-0.4, -0.2) is 25.8 Å². The van der Waals surface area contributed by atoms with Gasteiger partial charge in [-0.2, -0.15) is 4.31 Å². The summed E-state index contributed by atoms with van der Waals surface area (Å²) in [7, 11) is -3.57. The number of hydrazine groups is 1. The van der Waals surface area contributed by atoms with Crippen LogP contribution >= 0.6 is 0 Å². The van der Waals surface area contributed by atoms with Crippen LogP contribution in [0.5, 0.6) is 0 Å². The van der Waals surface area contributed by atoms with E-state index in [1.807, 2.05) is 0 Å². The standard InChI is InChI=1S/C13H26N4O2S/c1-2-13(9-11-3-4-11)5-7-17(8-6-13)20(18,19)12(14)10-16-15/h10-11,16H,2-9,14-15H2,1H3/b12-10+. The second-order valence-electron chi connectivity index (χ2n) is 6.12. The molecular weight excluding hydrogens is 276 g/mol. The zero-order valence-corrected chi connectivity index (χ0v) is 13.0. The van der Waals surface area contributed by atoms with Crippen LogP contribution in [-0.2, 0) is 10.0 Å². The van der Waals surface area contributed by atoms with Gasteiger partial charge in [-0.05, 0) is 30.6 Å². The molecule has 2 fully saturated rings. The lowest BCUT2D eigenvalue weighted by atomic mass is 9.73. The van der Waals surface area contributed by atoms with Crippen LogP contribution in [0.2, 0.25) is 0 Å². The van der Waals surface area contributed by atoms with E-state index in [9.17, 15) is 8.42 Å². The molecule has 2 rings (SSSR count). The summed E-state index contributed by atoms with van der Waals surface area (Å²) in [5.41, 5.74) is 8.09. The SMILES string of the molecule is CCC1(CC2CC2)CCN(S(=O)(=O)/C(N)=C/NN)CC1. The number of piperidine rings is 1. The zero-order valence-electron chi connectivity index (χ0n) is 12.1. The molecule has 0 radical (unpaired) electrons. The number of sulfonamides is 1. The van der Waals surface area contributed by atoms with E-state index >= 15 is 0 Å². The minimum absolute atomic E-state index is 0.216. The molecule has 20 heavy (non-hydrogen) atoms. The summed E-state index contributed by atoms with van der Waals surface area (Å²) in [5.74, 6) is 5.97. The molecule has 5 N–H and O–H groups in total. The topological polar surface area (TPSA) is 101 Å². The maximum Gasteiger partial charge on any atom is 0.259 e. The third-order valence-electron chi connectivity index (χ3n) is 4.82. The lowest BCUT2D eigenvalue weighted by molar-refractivity contribution is 0.128. The van der Waals surface area contributed by atoms with Gasteiger partial charge in [0.15, 0.2) is 5.03 Å². The molecule has 1 saturated carbocycles. The van der Waals surface area contributed by atoms with Gasteiger partial charge in [0.25, 0.3) is 10.0 Å². The Kier molecular flexibility index (Phi) is 4.61. The molecule has 1 aliphatic heterocycles. The van der Waals surface area contributed by atoms with Gasteiger partial charge in [0, 0.05) is 19.3 Å². The number of nitrogens with one attached hydrogen (secondary N) is 1. The van der Waals surface area contributed by atoms with Crippen LogP contribution in [0.3, 0.4) is 0 Å². The van der Waals surface area contributed by atoms with Crippen molar-refractivity contribution in [2.24, 2.45) is 22.9 Å². The lowest BCUT2D eigenvalue weighted by Crippen LogP contribution is -2.44. The first-order valence-corrected chi connectivity index (χ1v) is 8.79. The molecular formula is C13H26N4O2S. The van der Waals surface area contributed by atoms with E-state index < -0.39 is 10.0 Å². The second-order valence-corrected chi connectivity index (χ2v) is 8.06. The Morgan fingerprint density at radius 3 is 2.45 bits per heavy atom. The van der Waals surface area contributed by atoms with Crippen molar-refractivity contribution in [1.82, 2.24) is 9.73 Å². The van der Waals surface area contributed by atoms with E-state index in [1.165, 1.54) is 23.6 Å². The monoisotopic (exact) mass is 302 g/mol. The number of nitrogens with two attached hydrogens (primary N) is 2. The highest BCUT2D eigenvalue weighted by molar-refractivity contribution is 7.92. The smallest absolute Gasteiger partial charge is 0.259 e. The Bertz CT molecular complexity index is 463.